The van der Waals surface area contributed by atoms with Crippen molar-refractivity contribution in [1.29, 1.82) is 0 Å². The molecule has 1 aromatic carbocycles. The number of hydrogen-bond donors (Lipinski definition) is 2. The highest BCUT2D eigenvalue weighted by Crippen LogP contribution is 2.15. The van der Waals surface area contributed by atoms with Gasteiger partial charge in [-0.15, -0.1) is 0 Å². The highest BCUT2D eigenvalue weighted by molar-refractivity contribution is 5.28. The summed E-state index contributed by atoms with van der Waals surface area (Å²) >= 11 is 0. The third-order valence-electron chi connectivity index (χ3n) is 5.24. The van der Waals surface area contributed by atoms with Crippen LogP contribution in [0.25, 0.3) is 0 Å². The fourth-order valence-electron chi connectivity index (χ4n) is 3.66. The number of aliphatic hydroxyl groups is 1. The molecule has 1 saturated heterocycles. The molecule has 1 aliphatic heterocycles. The standard InChI is InChI=1S/C24H35N3O3/c28-22(19-27-13-3-1-2-4-14-27)20-30-23-9-5-8-21(16-23)17-25-12-7-15-29-24-10-6-11-26-18-24/h5-6,8-11,16,18,22,25,28H,1-4,7,12-15,17,19-20H2/t22-/m1/s1. The van der Waals surface area contributed by atoms with Crippen LogP contribution in [0.3, 0.4) is 0 Å². The minimum Gasteiger partial charge on any atom is -0.492 e. The van der Waals surface area contributed by atoms with E-state index in [2.05, 4.69) is 21.3 Å². The number of rotatable bonds is 12. The van der Waals surface area contributed by atoms with Crippen molar-refractivity contribution in [2.45, 2.75) is 44.8 Å². The van der Waals surface area contributed by atoms with Crippen LogP contribution in [0, 0.1) is 0 Å². The van der Waals surface area contributed by atoms with Gasteiger partial charge in [0.2, 0.25) is 0 Å². The Hall–Kier alpha value is -2.15. The molecule has 1 aliphatic rings. The second kappa shape index (κ2) is 13.2. The Bertz CT molecular complexity index is 706. The van der Waals surface area contributed by atoms with Crippen molar-refractivity contribution in [3.63, 3.8) is 0 Å². The molecule has 0 unspecified atom stereocenters. The van der Waals surface area contributed by atoms with Crippen LogP contribution in [0.5, 0.6) is 11.5 Å². The van der Waals surface area contributed by atoms with E-state index in [0.29, 0.717) is 19.8 Å². The maximum atomic E-state index is 10.3. The molecule has 1 aromatic heterocycles. The van der Waals surface area contributed by atoms with E-state index in [1.54, 1.807) is 12.4 Å². The Labute approximate surface area is 180 Å². The Morgan fingerprint density at radius 2 is 1.87 bits per heavy atom. The smallest absolute Gasteiger partial charge is 0.137 e. The number of β-amino-alcohol motifs (C(OH)–C–C–N with tert-alkyl or cyclic N) is 1. The van der Waals surface area contributed by atoms with Crippen molar-refractivity contribution < 1.29 is 14.6 Å². The zero-order chi connectivity index (χ0) is 20.9. The first-order valence-corrected chi connectivity index (χ1v) is 11.2. The number of aromatic nitrogens is 1. The van der Waals surface area contributed by atoms with E-state index in [4.69, 9.17) is 9.47 Å². The third kappa shape index (κ3) is 8.69. The van der Waals surface area contributed by atoms with Crippen molar-refractivity contribution in [1.82, 2.24) is 15.2 Å². The van der Waals surface area contributed by atoms with Crippen molar-refractivity contribution in [2.75, 3.05) is 39.4 Å². The van der Waals surface area contributed by atoms with Crippen LogP contribution in [0.15, 0.2) is 48.8 Å². The molecule has 2 heterocycles. The fraction of sp³-hybridized carbons (Fsp3) is 0.542. The maximum Gasteiger partial charge on any atom is 0.137 e. The number of pyridine rings is 1. The highest BCUT2D eigenvalue weighted by Gasteiger charge is 2.14. The summed E-state index contributed by atoms with van der Waals surface area (Å²) in [6.45, 7) is 5.52. The maximum absolute atomic E-state index is 10.3. The molecular weight excluding hydrogens is 378 g/mol. The molecule has 0 spiro atoms. The molecule has 2 N–H and O–H groups in total. The van der Waals surface area contributed by atoms with E-state index >= 15 is 0 Å². The van der Waals surface area contributed by atoms with Gasteiger partial charge in [0.25, 0.3) is 0 Å². The number of nitrogens with zero attached hydrogens (tertiary/aromatic N) is 2. The molecule has 6 nitrogen and oxygen atoms in total. The summed E-state index contributed by atoms with van der Waals surface area (Å²) in [5.74, 6) is 1.62. The van der Waals surface area contributed by atoms with Crippen LogP contribution in [-0.2, 0) is 6.54 Å². The number of benzene rings is 1. The molecule has 0 saturated carbocycles. The number of nitrogens with one attached hydrogen (secondary N) is 1. The lowest BCUT2D eigenvalue weighted by atomic mass is 10.2. The molecule has 3 rings (SSSR count). The Balaban J connectivity index is 1.30. The summed E-state index contributed by atoms with van der Waals surface area (Å²) in [6, 6.07) is 11.9. The minimum atomic E-state index is -0.454. The van der Waals surface area contributed by atoms with Crippen LogP contribution in [0.2, 0.25) is 0 Å². The molecule has 1 fully saturated rings. The van der Waals surface area contributed by atoms with Crippen LogP contribution >= 0.6 is 0 Å². The zero-order valence-corrected chi connectivity index (χ0v) is 17.8. The highest BCUT2D eigenvalue weighted by atomic mass is 16.5. The largest absolute Gasteiger partial charge is 0.492 e. The van der Waals surface area contributed by atoms with Gasteiger partial charge in [0.1, 0.15) is 24.2 Å². The lowest BCUT2D eigenvalue weighted by Gasteiger charge is -2.23. The van der Waals surface area contributed by atoms with Gasteiger partial charge < -0.3 is 24.8 Å². The van der Waals surface area contributed by atoms with E-state index < -0.39 is 6.10 Å². The quantitative estimate of drug-likeness (QED) is 0.521. The second-order valence-electron chi connectivity index (χ2n) is 7.89. The van der Waals surface area contributed by atoms with Crippen LogP contribution in [0.1, 0.15) is 37.7 Å². The lowest BCUT2D eigenvalue weighted by Crippen LogP contribution is -2.36. The van der Waals surface area contributed by atoms with E-state index in [-0.39, 0.29) is 0 Å². The van der Waals surface area contributed by atoms with Gasteiger partial charge in [-0.05, 0) is 68.7 Å². The molecule has 0 radical (unpaired) electrons. The lowest BCUT2D eigenvalue weighted by molar-refractivity contribution is 0.0693. The van der Waals surface area contributed by atoms with E-state index in [9.17, 15) is 5.11 Å². The predicted molar refractivity (Wildman–Crippen MR) is 119 cm³/mol. The topological polar surface area (TPSA) is 66.8 Å². The molecule has 0 bridgehead atoms. The van der Waals surface area contributed by atoms with E-state index in [1.165, 1.54) is 31.2 Å². The number of likely N-dealkylation sites (tertiary alicyclic amines) is 1. The molecule has 30 heavy (non-hydrogen) atoms. The van der Waals surface area contributed by atoms with Gasteiger partial charge in [0, 0.05) is 19.3 Å². The molecule has 6 heteroatoms. The first-order valence-electron chi connectivity index (χ1n) is 11.2. The average molecular weight is 414 g/mol. The summed E-state index contributed by atoms with van der Waals surface area (Å²) in [5.41, 5.74) is 1.17. The Morgan fingerprint density at radius 1 is 1.03 bits per heavy atom. The van der Waals surface area contributed by atoms with Gasteiger partial charge in [0.05, 0.1) is 12.8 Å². The van der Waals surface area contributed by atoms with Crippen LogP contribution in [-0.4, -0.2) is 60.5 Å². The van der Waals surface area contributed by atoms with Gasteiger partial charge >= 0.3 is 0 Å². The van der Waals surface area contributed by atoms with E-state index in [0.717, 1.165) is 44.1 Å². The molecular formula is C24H35N3O3. The predicted octanol–water partition coefficient (Wildman–Crippen LogP) is 3.26. The van der Waals surface area contributed by atoms with Gasteiger partial charge in [-0.1, -0.05) is 25.0 Å². The summed E-state index contributed by atoms with van der Waals surface area (Å²) in [7, 11) is 0. The molecule has 2 aromatic rings. The summed E-state index contributed by atoms with van der Waals surface area (Å²) < 4.78 is 11.5. The molecule has 1 atom stereocenters. The SMILES string of the molecule is O[C@@H](COc1cccc(CNCCCOc2cccnc2)c1)CN1CCCCCC1. The fourth-order valence-corrected chi connectivity index (χ4v) is 3.66. The molecule has 164 valence electrons. The zero-order valence-electron chi connectivity index (χ0n) is 17.8. The van der Waals surface area contributed by atoms with Gasteiger partial charge in [-0.2, -0.15) is 0 Å². The summed E-state index contributed by atoms with van der Waals surface area (Å²) in [4.78, 5) is 6.40. The Morgan fingerprint density at radius 3 is 2.67 bits per heavy atom. The number of hydrogen-bond acceptors (Lipinski definition) is 6. The molecule has 0 amide bonds. The van der Waals surface area contributed by atoms with Gasteiger partial charge in [-0.3, -0.25) is 4.98 Å². The van der Waals surface area contributed by atoms with Crippen LogP contribution in [0.4, 0.5) is 0 Å². The Kier molecular flexibility index (Phi) is 9.92. The van der Waals surface area contributed by atoms with Gasteiger partial charge in [-0.25, -0.2) is 0 Å². The number of aliphatic hydroxyl groups excluding tert-OH is 1. The van der Waals surface area contributed by atoms with Crippen molar-refractivity contribution >= 4 is 0 Å². The third-order valence-corrected chi connectivity index (χ3v) is 5.24. The molecule has 0 aliphatic carbocycles. The first-order chi connectivity index (χ1) is 14.8. The van der Waals surface area contributed by atoms with E-state index in [1.807, 2.05) is 30.3 Å². The van der Waals surface area contributed by atoms with Crippen molar-refractivity contribution in [3.8, 4) is 11.5 Å². The summed E-state index contributed by atoms with van der Waals surface area (Å²) in [6.07, 6.45) is 9.02. The van der Waals surface area contributed by atoms with Crippen LogP contribution < -0.4 is 14.8 Å². The average Bonchev–Trinajstić information content (AvgIpc) is 3.04. The monoisotopic (exact) mass is 413 g/mol. The summed E-state index contributed by atoms with van der Waals surface area (Å²) in [5, 5.41) is 13.8. The minimum absolute atomic E-state index is 0.332. The van der Waals surface area contributed by atoms with Crippen molar-refractivity contribution in [3.05, 3.63) is 54.4 Å². The van der Waals surface area contributed by atoms with Crippen molar-refractivity contribution in [2.24, 2.45) is 0 Å². The second-order valence-corrected chi connectivity index (χ2v) is 7.89. The first kappa shape index (κ1) is 22.5. The van der Waals surface area contributed by atoms with Gasteiger partial charge in [0.15, 0.2) is 0 Å². The normalized spacial score (nSPS) is 16.0. The number of ether oxygens (including phenoxy) is 2.